The summed E-state index contributed by atoms with van der Waals surface area (Å²) >= 11 is 1.77. The molecule has 0 aromatic heterocycles. The van der Waals surface area contributed by atoms with E-state index in [9.17, 15) is 9.59 Å². The summed E-state index contributed by atoms with van der Waals surface area (Å²) in [4.78, 5) is 27.3. The van der Waals surface area contributed by atoms with Crippen LogP contribution >= 0.6 is 11.8 Å². The van der Waals surface area contributed by atoms with Gasteiger partial charge in [0.05, 0.1) is 24.9 Å². The minimum atomic E-state index is -0.392. The molecule has 0 radical (unpaired) electrons. The highest BCUT2D eigenvalue weighted by Crippen LogP contribution is 2.34. The zero-order valence-corrected chi connectivity index (χ0v) is 15.1. The van der Waals surface area contributed by atoms with Crippen molar-refractivity contribution in [1.82, 2.24) is 0 Å². The van der Waals surface area contributed by atoms with Gasteiger partial charge in [0.15, 0.2) is 0 Å². The average Bonchev–Trinajstić information content (AvgIpc) is 2.66. The van der Waals surface area contributed by atoms with Crippen molar-refractivity contribution in [2.45, 2.75) is 11.8 Å². The molecule has 1 aliphatic heterocycles. The van der Waals surface area contributed by atoms with Crippen LogP contribution in [0.1, 0.15) is 15.9 Å². The van der Waals surface area contributed by atoms with Crippen LogP contribution in [0.15, 0.2) is 47.4 Å². The van der Waals surface area contributed by atoms with E-state index in [4.69, 9.17) is 4.74 Å². The second-order valence-corrected chi connectivity index (χ2v) is 6.87. The lowest BCUT2D eigenvalue weighted by Gasteiger charge is -2.29. The Bertz CT molecular complexity index is 807. The van der Waals surface area contributed by atoms with Crippen molar-refractivity contribution < 1.29 is 14.3 Å². The van der Waals surface area contributed by atoms with E-state index in [2.05, 4.69) is 5.32 Å². The zero-order valence-electron chi connectivity index (χ0n) is 14.2. The normalized spacial score (nSPS) is 13.1. The molecule has 0 saturated heterocycles. The van der Waals surface area contributed by atoms with E-state index in [-0.39, 0.29) is 12.5 Å². The topological polar surface area (TPSA) is 58.6 Å². The number of methoxy groups -OCH3 is 1. The van der Waals surface area contributed by atoms with Crippen molar-refractivity contribution in [2.75, 3.05) is 36.2 Å². The number of aryl methyl sites for hydroxylation is 1. The van der Waals surface area contributed by atoms with Crippen molar-refractivity contribution in [3.8, 4) is 0 Å². The van der Waals surface area contributed by atoms with Gasteiger partial charge in [0.25, 0.3) is 0 Å². The standard InChI is InChI=1S/C19H20N2O3S/c1-13-7-8-14(19(23)24-2)11-15(13)20-12-18(22)21-9-10-25-17-6-4-3-5-16(17)21/h3-8,11,20H,9-10,12H2,1-2H3. The van der Waals surface area contributed by atoms with Gasteiger partial charge in [-0.2, -0.15) is 0 Å². The monoisotopic (exact) mass is 356 g/mol. The Morgan fingerprint density at radius 3 is 2.84 bits per heavy atom. The Balaban J connectivity index is 1.72. The van der Waals surface area contributed by atoms with Gasteiger partial charge < -0.3 is 15.0 Å². The average molecular weight is 356 g/mol. The second-order valence-electron chi connectivity index (χ2n) is 5.74. The minimum absolute atomic E-state index is 0.00983. The lowest BCUT2D eigenvalue weighted by atomic mass is 10.1. The molecule has 0 spiro atoms. The maximum absolute atomic E-state index is 12.7. The number of hydrogen-bond donors (Lipinski definition) is 1. The summed E-state index contributed by atoms with van der Waals surface area (Å²) in [7, 11) is 1.35. The quantitative estimate of drug-likeness (QED) is 0.852. The van der Waals surface area contributed by atoms with Gasteiger partial charge >= 0.3 is 5.97 Å². The van der Waals surface area contributed by atoms with Gasteiger partial charge in [-0.1, -0.05) is 18.2 Å². The van der Waals surface area contributed by atoms with Crippen LogP contribution in [0, 0.1) is 6.92 Å². The highest BCUT2D eigenvalue weighted by atomic mass is 32.2. The minimum Gasteiger partial charge on any atom is -0.465 e. The van der Waals surface area contributed by atoms with Gasteiger partial charge in [0, 0.05) is 22.9 Å². The van der Waals surface area contributed by atoms with Crippen molar-refractivity contribution in [1.29, 1.82) is 0 Å². The second kappa shape index (κ2) is 7.61. The number of esters is 1. The van der Waals surface area contributed by atoms with Gasteiger partial charge in [0.1, 0.15) is 0 Å². The molecule has 0 aliphatic carbocycles. The van der Waals surface area contributed by atoms with Crippen molar-refractivity contribution in [2.24, 2.45) is 0 Å². The first-order chi connectivity index (χ1) is 12.1. The predicted molar refractivity (Wildman–Crippen MR) is 101 cm³/mol. The van der Waals surface area contributed by atoms with Gasteiger partial charge in [0.2, 0.25) is 5.91 Å². The molecule has 2 aromatic carbocycles. The molecular weight excluding hydrogens is 336 g/mol. The Kier molecular flexibility index (Phi) is 5.28. The van der Waals surface area contributed by atoms with Crippen LogP contribution in [0.3, 0.4) is 0 Å². The molecule has 0 unspecified atom stereocenters. The summed E-state index contributed by atoms with van der Waals surface area (Å²) in [5, 5.41) is 3.15. The summed E-state index contributed by atoms with van der Waals surface area (Å²) in [5.41, 5.74) is 3.15. The summed E-state index contributed by atoms with van der Waals surface area (Å²) in [5.74, 6) is 0.506. The molecule has 0 saturated carbocycles. The number of ether oxygens (including phenoxy) is 1. The molecule has 1 amide bonds. The van der Waals surface area contributed by atoms with Crippen LogP contribution in [-0.4, -0.2) is 37.8 Å². The van der Waals surface area contributed by atoms with E-state index < -0.39 is 5.97 Å². The lowest BCUT2D eigenvalue weighted by molar-refractivity contribution is -0.117. The fraction of sp³-hybridized carbons (Fsp3) is 0.263. The number of anilines is 2. The van der Waals surface area contributed by atoms with E-state index in [1.165, 1.54) is 7.11 Å². The van der Waals surface area contributed by atoms with Gasteiger partial charge in [-0.3, -0.25) is 4.79 Å². The van der Waals surface area contributed by atoms with Crippen molar-refractivity contribution in [3.05, 3.63) is 53.6 Å². The summed E-state index contributed by atoms with van der Waals surface area (Å²) in [6, 6.07) is 13.2. The molecule has 1 N–H and O–H groups in total. The van der Waals surface area contributed by atoms with Gasteiger partial charge in [-0.15, -0.1) is 11.8 Å². The van der Waals surface area contributed by atoms with E-state index in [1.807, 2.05) is 42.2 Å². The Hall–Kier alpha value is -2.47. The Morgan fingerprint density at radius 2 is 2.04 bits per heavy atom. The van der Waals surface area contributed by atoms with Gasteiger partial charge in [-0.05, 0) is 36.8 Å². The smallest absolute Gasteiger partial charge is 0.337 e. The number of thioether (sulfide) groups is 1. The molecular formula is C19H20N2O3S. The Labute approximate surface area is 151 Å². The molecule has 1 aliphatic rings. The fourth-order valence-corrected chi connectivity index (χ4v) is 3.75. The molecule has 0 bridgehead atoms. The Morgan fingerprint density at radius 1 is 1.24 bits per heavy atom. The van der Waals surface area contributed by atoms with E-state index in [0.717, 1.165) is 27.6 Å². The molecule has 0 atom stereocenters. The third kappa shape index (κ3) is 3.79. The molecule has 25 heavy (non-hydrogen) atoms. The number of rotatable bonds is 4. The lowest BCUT2D eigenvalue weighted by Crippen LogP contribution is -2.39. The SMILES string of the molecule is COC(=O)c1ccc(C)c(NCC(=O)N2CCSc3ccccc32)c1. The number of amides is 1. The van der Waals surface area contributed by atoms with Crippen LogP contribution in [-0.2, 0) is 9.53 Å². The highest BCUT2D eigenvalue weighted by molar-refractivity contribution is 7.99. The third-order valence-corrected chi connectivity index (χ3v) is 5.16. The number of fused-ring (bicyclic) bond motifs is 1. The number of carbonyl (C=O) groups excluding carboxylic acids is 2. The number of carbonyl (C=O) groups is 2. The van der Waals surface area contributed by atoms with E-state index in [1.54, 1.807) is 23.9 Å². The largest absolute Gasteiger partial charge is 0.465 e. The van der Waals surface area contributed by atoms with Gasteiger partial charge in [-0.25, -0.2) is 4.79 Å². The zero-order chi connectivity index (χ0) is 17.8. The number of benzene rings is 2. The number of hydrogen-bond acceptors (Lipinski definition) is 5. The number of nitrogens with one attached hydrogen (secondary N) is 1. The maximum Gasteiger partial charge on any atom is 0.337 e. The van der Waals surface area contributed by atoms with Crippen LogP contribution in [0.4, 0.5) is 11.4 Å². The van der Waals surface area contributed by atoms with Crippen molar-refractivity contribution in [3.63, 3.8) is 0 Å². The molecule has 5 nitrogen and oxygen atoms in total. The summed E-state index contributed by atoms with van der Waals surface area (Å²) in [6.45, 7) is 2.80. The van der Waals surface area contributed by atoms with Crippen LogP contribution in [0.2, 0.25) is 0 Å². The predicted octanol–water partition coefficient (Wildman–Crippen LogP) is 3.33. The first-order valence-corrected chi connectivity index (χ1v) is 9.03. The van der Waals surface area contributed by atoms with Crippen LogP contribution < -0.4 is 10.2 Å². The fourth-order valence-electron chi connectivity index (χ4n) is 2.75. The summed E-state index contributed by atoms with van der Waals surface area (Å²) in [6.07, 6.45) is 0. The van der Waals surface area contributed by atoms with Crippen LogP contribution in [0.5, 0.6) is 0 Å². The van der Waals surface area contributed by atoms with Crippen LogP contribution in [0.25, 0.3) is 0 Å². The van der Waals surface area contributed by atoms with E-state index in [0.29, 0.717) is 12.1 Å². The third-order valence-electron chi connectivity index (χ3n) is 4.12. The maximum atomic E-state index is 12.7. The molecule has 3 rings (SSSR count). The number of nitrogens with zero attached hydrogens (tertiary/aromatic N) is 1. The molecule has 2 aromatic rings. The van der Waals surface area contributed by atoms with Crippen molar-refractivity contribution >= 4 is 35.0 Å². The molecule has 130 valence electrons. The summed E-state index contributed by atoms with van der Waals surface area (Å²) < 4.78 is 4.75. The molecule has 1 heterocycles. The number of para-hydroxylation sites is 1. The highest BCUT2D eigenvalue weighted by Gasteiger charge is 2.22. The first kappa shape index (κ1) is 17.4. The first-order valence-electron chi connectivity index (χ1n) is 8.05. The molecule has 6 heteroatoms. The van der Waals surface area contributed by atoms with E-state index >= 15 is 0 Å². The molecule has 0 fully saturated rings.